The fraction of sp³-hybridized carbons (Fsp3) is 0.667. The molecule has 0 saturated carbocycles. The van der Waals surface area contributed by atoms with Gasteiger partial charge in [-0.05, 0) is 31.7 Å². The summed E-state index contributed by atoms with van der Waals surface area (Å²) in [6.45, 7) is 9.04. The number of nitrogens with zero attached hydrogens (tertiary/aromatic N) is 1. The van der Waals surface area contributed by atoms with Gasteiger partial charge in [0.05, 0.1) is 0 Å². The van der Waals surface area contributed by atoms with Crippen LogP contribution in [0.5, 0.6) is 0 Å². The van der Waals surface area contributed by atoms with Gasteiger partial charge in [-0.15, -0.1) is 0 Å². The average molecular weight is 281 g/mol. The lowest BCUT2D eigenvalue weighted by Gasteiger charge is -2.30. The number of ketones is 1. The predicted octanol–water partition coefficient (Wildman–Crippen LogP) is 2.72. The van der Waals surface area contributed by atoms with Crippen molar-refractivity contribution in [3.63, 3.8) is 0 Å². The first-order valence-electron chi connectivity index (χ1n) is 6.76. The lowest BCUT2D eigenvalue weighted by atomic mass is 9.76. The van der Waals surface area contributed by atoms with E-state index >= 15 is 0 Å². The minimum atomic E-state index is -0.838. The monoisotopic (exact) mass is 281 g/mol. The molecule has 2 atom stereocenters. The van der Waals surface area contributed by atoms with Gasteiger partial charge in [-0.25, -0.2) is 0 Å². The van der Waals surface area contributed by atoms with E-state index in [1.54, 1.807) is 6.26 Å². The number of fused-ring (bicyclic) bond motifs is 1. The van der Waals surface area contributed by atoms with Crippen LogP contribution in [0.3, 0.4) is 0 Å². The summed E-state index contributed by atoms with van der Waals surface area (Å²) in [6.07, 6.45) is 3.29. The SMILES string of the molecule is Cc1cc2c(n1CC(C)S(C)=O)CC(C)(C)CC2=O. The quantitative estimate of drug-likeness (QED) is 0.854. The first-order valence-corrected chi connectivity index (χ1v) is 8.38. The van der Waals surface area contributed by atoms with Crippen molar-refractivity contribution in [3.8, 4) is 0 Å². The molecule has 0 fully saturated rings. The Labute approximate surface area is 117 Å². The first-order chi connectivity index (χ1) is 8.71. The minimum absolute atomic E-state index is 0.0290. The molecule has 0 radical (unpaired) electrons. The largest absolute Gasteiger partial charge is 0.347 e. The lowest BCUT2D eigenvalue weighted by molar-refractivity contribution is 0.0910. The van der Waals surface area contributed by atoms with Crippen LogP contribution in [0, 0.1) is 12.3 Å². The summed E-state index contributed by atoms with van der Waals surface area (Å²) in [4.78, 5) is 12.2. The maximum atomic E-state index is 12.2. The fourth-order valence-electron chi connectivity index (χ4n) is 2.82. The molecule has 0 amide bonds. The molecule has 0 aliphatic heterocycles. The van der Waals surface area contributed by atoms with Crippen LogP contribution in [-0.4, -0.2) is 26.1 Å². The average Bonchev–Trinajstić information content (AvgIpc) is 2.55. The van der Waals surface area contributed by atoms with Gasteiger partial charge < -0.3 is 4.57 Å². The third-order valence-corrected chi connectivity index (χ3v) is 5.29. The molecule has 0 saturated heterocycles. The molecule has 3 nitrogen and oxygen atoms in total. The van der Waals surface area contributed by atoms with Gasteiger partial charge >= 0.3 is 0 Å². The Morgan fingerprint density at radius 3 is 2.63 bits per heavy atom. The molecule has 1 heterocycles. The van der Waals surface area contributed by atoms with Gasteiger partial charge in [0.1, 0.15) is 0 Å². The Kier molecular flexibility index (Phi) is 3.74. The zero-order valence-corrected chi connectivity index (χ0v) is 13.3. The van der Waals surface area contributed by atoms with E-state index in [9.17, 15) is 9.00 Å². The van der Waals surface area contributed by atoms with E-state index in [1.165, 1.54) is 0 Å². The standard InChI is InChI=1S/C15H23NO2S/c1-10-6-12-13(7-15(3,4)8-14(12)17)16(10)9-11(2)19(5)18/h6,11H,7-9H2,1-5H3. The highest BCUT2D eigenvalue weighted by Crippen LogP contribution is 2.36. The van der Waals surface area contributed by atoms with Gasteiger partial charge in [0.25, 0.3) is 0 Å². The molecule has 19 heavy (non-hydrogen) atoms. The number of aryl methyl sites for hydroxylation is 1. The summed E-state index contributed by atoms with van der Waals surface area (Å²) in [6, 6.07) is 2.00. The molecular weight excluding hydrogens is 258 g/mol. The highest BCUT2D eigenvalue weighted by atomic mass is 32.2. The smallest absolute Gasteiger partial charge is 0.165 e. The molecule has 1 aliphatic carbocycles. The molecule has 1 aromatic rings. The highest BCUT2D eigenvalue weighted by molar-refractivity contribution is 7.84. The number of carbonyl (C=O) groups excluding carboxylic acids is 1. The van der Waals surface area contributed by atoms with Crippen molar-refractivity contribution >= 4 is 16.6 Å². The number of aromatic nitrogens is 1. The maximum Gasteiger partial charge on any atom is 0.165 e. The Morgan fingerprint density at radius 2 is 2.05 bits per heavy atom. The molecule has 0 spiro atoms. The van der Waals surface area contributed by atoms with Crippen LogP contribution in [0.2, 0.25) is 0 Å². The van der Waals surface area contributed by atoms with Crippen LogP contribution < -0.4 is 0 Å². The zero-order chi connectivity index (χ0) is 14.4. The van der Waals surface area contributed by atoms with E-state index in [0.29, 0.717) is 6.42 Å². The second-order valence-electron chi connectivity index (χ2n) is 6.51. The zero-order valence-electron chi connectivity index (χ0n) is 12.4. The number of hydrogen-bond donors (Lipinski definition) is 0. The first kappa shape index (κ1) is 14.5. The van der Waals surface area contributed by atoms with Gasteiger partial charge in [0.2, 0.25) is 0 Å². The van der Waals surface area contributed by atoms with Crippen LogP contribution in [0.1, 0.15) is 48.9 Å². The third kappa shape index (κ3) is 2.83. The van der Waals surface area contributed by atoms with E-state index in [-0.39, 0.29) is 16.4 Å². The number of rotatable bonds is 3. The van der Waals surface area contributed by atoms with Crippen LogP contribution in [0.4, 0.5) is 0 Å². The van der Waals surface area contributed by atoms with Crippen molar-refractivity contribution in [1.82, 2.24) is 4.57 Å². The van der Waals surface area contributed by atoms with Gasteiger partial charge in [0, 0.05) is 52.2 Å². The minimum Gasteiger partial charge on any atom is -0.347 e. The van der Waals surface area contributed by atoms with Gasteiger partial charge in [-0.3, -0.25) is 9.00 Å². The summed E-state index contributed by atoms with van der Waals surface area (Å²) in [5, 5.41) is 0.107. The van der Waals surface area contributed by atoms with Crippen molar-refractivity contribution in [3.05, 3.63) is 23.0 Å². The topological polar surface area (TPSA) is 39.1 Å². The highest BCUT2D eigenvalue weighted by Gasteiger charge is 2.34. The Balaban J connectivity index is 2.41. The number of Topliss-reactive ketones (excluding diaryl/α,β-unsaturated/α-hetero) is 1. The second-order valence-corrected chi connectivity index (χ2v) is 8.31. The van der Waals surface area contributed by atoms with E-state index in [1.807, 2.05) is 19.9 Å². The summed E-state index contributed by atoms with van der Waals surface area (Å²) in [5.74, 6) is 0.248. The molecule has 2 rings (SSSR count). The molecule has 2 unspecified atom stereocenters. The number of hydrogen-bond acceptors (Lipinski definition) is 2. The van der Waals surface area contributed by atoms with Crippen molar-refractivity contribution < 1.29 is 9.00 Å². The Bertz CT molecular complexity index is 543. The van der Waals surface area contributed by atoms with Crippen LogP contribution in [0.25, 0.3) is 0 Å². The van der Waals surface area contributed by atoms with Crippen molar-refractivity contribution in [1.29, 1.82) is 0 Å². The second kappa shape index (κ2) is 4.89. The fourth-order valence-corrected chi connectivity index (χ4v) is 3.18. The number of carbonyl (C=O) groups is 1. The van der Waals surface area contributed by atoms with E-state index in [2.05, 4.69) is 18.4 Å². The van der Waals surface area contributed by atoms with Crippen LogP contribution >= 0.6 is 0 Å². The predicted molar refractivity (Wildman–Crippen MR) is 79.1 cm³/mol. The molecule has 4 heteroatoms. The maximum absolute atomic E-state index is 12.2. The molecule has 1 aliphatic rings. The molecule has 0 bridgehead atoms. The summed E-state index contributed by atoms with van der Waals surface area (Å²) in [5.41, 5.74) is 3.15. The van der Waals surface area contributed by atoms with E-state index in [4.69, 9.17) is 0 Å². The molecule has 106 valence electrons. The summed E-state index contributed by atoms with van der Waals surface area (Å²) < 4.78 is 13.8. The summed E-state index contributed by atoms with van der Waals surface area (Å²) in [7, 11) is -0.838. The van der Waals surface area contributed by atoms with Gasteiger partial charge in [-0.1, -0.05) is 13.8 Å². The third-order valence-electron chi connectivity index (χ3n) is 4.01. The lowest BCUT2D eigenvalue weighted by Crippen LogP contribution is -2.29. The normalized spacial score (nSPS) is 21.0. The Hall–Kier alpha value is -0.900. The van der Waals surface area contributed by atoms with E-state index < -0.39 is 10.8 Å². The van der Waals surface area contributed by atoms with Crippen LogP contribution in [-0.2, 0) is 23.8 Å². The van der Waals surface area contributed by atoms with E-state index in [0.717, 1.165) is 29.9 Å². The van der Waals surface area contributed by atoms with Gasteiger partial charge in [-0.2, -0.15) is 0 Å². The van der Waals surface area contributed by atoms with Crippen molar-refractivity contribution in [2.45, 2.75) is 52.3 Å². The van der Waals surface area contributed by atoms with Gasteiger partial charge in [0.15, 0.2) is 5.78 Å². The Morgan fingerprint density at radius 1 is 1.42 bits per heavy atom. The van der Waals surface area contributed by atoms with Crippen molar-refractivity contribution in [2.24, 2.45) is 5.41 Å². The summed E-state index contributed by atoms with van der Waals surface area (Å²) >= 11 is 0. The molecule has 0 aromatic carbocycles. The molecule has 0 N–H and O–H groups in total. The van der Waals surface area contributed by atoms with Crippen molar-refractivity contribution in [2.75, 3.05) is 6.26 Å². The van der Waals surface area contributed by atoms with Crippen LogP contribution in [0.15, 0.2) is 6.07 Å². The molecule has 1 aromatic heterocycles. The molecular formula is C15H23NO2S.